The summed E-state index contributed by atoms with van der Waals surface area (Å²) in [6.07, 6.45) is 13.3. The Bertz CT molecular complexity index is 201. The lowest BCUT2D eigenvalue weighted by atomic mass is 9.97. The standard InChI is InChI=1S/C15H28O2/c1-14-10-8-6-4-2-3-5-7-9-13-17-15(16)12-11-14/h14H,2-13H2,1H3. The molecule has 0 aromatic heterocycles. The molecule has 1 saturated heterocycles. The van der Waals surface area contributed by atoms with E-state index in [0.29, 0.717) is 18.9 Å². The number of ether oxygens (including phenoxy) is 1. The summed E-state index contributed by atoms with van der Waals surface area (Å²) in [6.45, 7) is 2.89. The second-order valence-electron chi connectivity index (χ2n) is 5.48. The monoisotopic (exact) mass is 240 g/mol. The van der Waals surface area contributed by atoms with Crippen molar-refractivity contribution in [1.29, 1.82) is 0 Å². The lowest BCUT2D eigenvalue weighted by Crippen LogP contribution is -2.08. The molecule has 0 saturated carbocycles. The molecule has 1 heterocycles. The fourth-order valence-corrected chi connectivity index (χ4v) is 2.42. The van der Waals surface area contributed by atoms with E-state index >= 15 is 0 Å². The molecule has 0 bridgehead atoms. The quantitative estimate of drug-likeness (QED) is 0.584. The van der Waals surface area contributed by atoms with Gasteiger partial charge in [-0.3, -0.25) is 4.79 Å². The van der Waals surface area contributed by atoms with Crippen LogP contribution >= 0.6 is 0 Å². The lowest BCUT2D eigenvalue weighted by molar-refractivity contribution is -0.144. The average Bonchev–Trinajstić information content (AvgIpc) is 2.33. The lowest BCUT2D eigenvalue weighted by Gasteiger charge is -2.10. The van der Waals surface area contributed by atoms with Crippen LogP contribution in [0.3, 0.4) is 0 Å². The maximum atomic E-state index is 11.4. The highest BCUT2D eigenvalue weighted by atomic mass is 16.5. The first kappa shape index (κ1) is 14.5. The van der Waals surface area contributed by atoms with Crippen molar-refractivity contribution in [2.75, 3.05) is 6.61 Å². The number of hydrogen-bond donors (Lipinski definition) is 0. The van der Waals surface area contributed by atoms with Crippen LogP contribution in [0.5, 0.6) is 0 Å². The molecule has 1 fully saturated rings. The SMILES string of the molecule is CC1CCCCCCCCCCOC(=O)CC1. The van der Waals surface area contributed by atoms with E-state index in [9.17, 15) is 4.79 Å². The van der Waals surface area contributed by atoms with Crippen LogP contribution < -0.4 is 0 Å². The maximum absolute atomic E-state index is 11.4. The molecule has 1 atom stereocenters. The summed E-state index contributed by atoms with van der Waals surface area (Å²) in [5.41, 5.74) is 0. The predicted molar refractivity (Wildman–Crippen MR) is 70.9 cm³/mol. The van der Waals surface area contributed by atoms with Crippen molar-refractivity contribution >= 4 is 5.97 Å². The second kappa shape index (κ2) is 9.49. The Morgan fingerprint density at radius 1 is 0.882 bits per heavy atom. The molecule has 0 N–H and O–H groups in total. The molecule has 2 nitrogen and oxygen atoms in total. The Hall–Kier alpha value is -0.530. The van der Waals surface area contributed by atoms with Crippen molar-refractivity contribution in [1.82, 2.24) is 0 Å². The summed E-state index contributed by atoms with van der Waals surface area (Å²) in [5.74, 6) is 0.680. The molecule has 2 heteroatoms. The van der Waals surface area contributed by atoms with Crippen LogP contribution in [-0.4, -0.2) is 12.6 Å². The number of carbonyl (C=O) groups is 1. The molecule has 0 amide bonds. The van der Waals surface area contributed by atoms with Crippen LogP contribution in [0, 0.1) is 5.92 Å². The topological polar surface area (TPSA) is 26.3 Å². The summed E-state index contributed by atoms with van der Waals surface area (Å²) in [4.78, 5) is 11.4. The third-order valence-electron chi connectivity index (χ3n) is 3.70. The van der Waals surface area contributed by atoms with Crippen LogP contribution in [-0.2, 0) is 9.53 Å². The van der Waals surface area contributed by atoms with E-state index in [0.717, 1.165) is 12.8 Å². The van der Waals surface area contributed by atoms with Gasteiger partial charge in [0.15, 0.2) is 0 Å². The highest BCUT2D eigenvalue weighted by molar-refractivity contribution is 5.69. The van der Waals surface area contributed by atoms with Gasteiger partial charge in [0.05, 0.1) is 6.61 Å². The molecular weight excluding hydrogens is 212 g/mol. The first-order chi connectivity index (χ1) is 8.29. The van der Waals surface area contributed by atoms with Crippen LogP contribution in [0.15, 0.2) is 0 Å². The van der Waals surface area contributed by atoms with E-state index in [4.69, 9.17) is 4.74 Å². The number of carbonyl (C=O) groups excluding carboxylic acids is 1. The van der Waals surface area contributed by atoms with Crippen molar-refractivity contribution < 1.29 is 9.53 Å². The minimum absolute atomic E-state index is 0.00622. The number of cyclic esters (lactones) is 1. The summed E-state index contributed by atoms with van der Waals surface area (Å²) in [5, 5.41) is 0. The van der Waals surface area contributed by atoms with Gasteiger partial charge < -0.3 is 4.74 Å². The first-order valence-electron chi connectivity index (χ1n) is 7.44. The van der Waals surface area contributed by atoms with E-state index in [1.165, 1.54) is 51.4 Å². The Kier molecular flexibility index (Phi) is 8.12. The smallest absolute Gasteiger partial charge is 0.305 e. The molecule has 0 spiro atoms. The van der Waals surface area contributed by atoms with E-state index in [-0.39, 0.29) is 5.97 Å². The fraction of sp³-hybridized carbons (Fsp3) is 0.933. The molecule has 1 aliphatic heterocycles. The van der Waals surface area contributed by atoms with Crippen LogP contribution in [0.4, 0.5) is 0 Å². The van der Waals surface area contributed by atoms with Gasteiger partial charge in [0, 0.05) is 6.42 Å². The Balaban J connectivity index is 2.23. The van der Waals surface area contributed by atoms with Crippen molar-refractivity contribution in [3.63, 3.8) is 0 Å². The van der Waals surface area contributed by atoms with Gasteiger partial charge in [0.1, 0.15) is 0 Å². The van der Waals surface area contributed by atoms with Crippen LogP contribution in [0.25, 0.3) is 0 Å². The third kappa shape index (κ3) is 8.23. The van der Waals surface area contributed by atoms with Crippen molar-refractivity contribution in [2.24, 2.45) is 5.92 Å². The predicted octanol–water partition coefficient (Wildman–Crippen LogP) is 4.47. The molecule has 1 rings (SSSR count). The zero-order chi connectivity index (χ0) is 12.3. The highest BCUT2D eigenvalue weighted by Gasteiger charge is 2.08. The Labute approximate surface area is 106 Å². The van der Waals surface area contributed by atoms with Gasteiger partial charge in [0.2, 0.25) is 0 Å². The molecule has 1 aliphatic rings. The minimum atomic E-state index is 0.00622. The van der Waals surface area contributed by atoms with E-state index in [1.807, 2.05) is 0 Å². The molecule has 0 aliphatic carbocycles. The van der Waals surface area contributed by atoms with E-state index < -0.39 is 0 Å². The number of esters is 1. The maximum Gasteiger partial charge on any atom is 0.305 e. The molecule has 100 valence electrons. The highest BCUT2D eigenvalue weighted by Crippen LogP contribution is 2.17. The Morgan fingerprint density at radius 3 is 2.18 bits per heavy atom. The molecule has 0 radical (unpaired) electrons. The summed E-state index contributed by atoms with van der Waals surface area (Å²) in [7, 11) is 0. The minimum Gasteiger partial charge on any atom is -0.466 e. The van der Waals surface area contributed by atoms with Gasteiger partial charge in [-0.15, -0.1) is 0 Å². The van der Waals surface area contributed by atoms with E-state index in [2.05, 4.69) is 6.92 Å². The average molecular weight is 240 g/mol. The van der Waals surface area contributed by atoms with Crippen molar-refractivity contribution in [3.8, 4) is 0 Å². The third-order valence-corrected chi connectivity index (χ3v) is 3.70. The molecule has 1 unspecified atom stereocenters. The first-order valence-corrected chi connectivity index (χ1v) is 7.44. The van der Waals surface area contributed by atoms with Gasteiger partial charge >= 0.3 is 5.97 Å². The normalized spacial score (nSPS) is 26.6. The van der Waals surface area contributed by atoms with Crippen LogP contribution in [0.1, 0.15) is 77.6 Å². The molecule has 17 heavy (non-hydrogen) atoms. The van der Waals surface area contributed by atoms with Crippen molar-refractivity contribution in [3.05, 3.63) is 0 Å². The van der Waals surface area contributed by atoms with Crippen LogP contribution in [0.2, 0.25) is 0 Å². The zero-order valence-electron chi connectivity index (χ0n) is 11.4. The van der Waals surface area contributed by atoms with Gasteiger partial charge in [-0.2, -0.15) is 0 Å². The largest absolute Gasteiger partial charge is 0.466 e. The van der Waals surface area contributed by atoms with Gasteiger partial charge in [-0.1, -0.05) is 58.3 Å². The number of hydrogen-bond acceptors (Lipinski definition) is 2. The van der Waals surface area contributed by atoms with Gasteiger partial charge in [0.25, 0.3) is 0 Å². The molecule has 0 aromatic carbocycles. The summed E-state index contributed by atoms with van der Waals surface area (Å²) >= 11 is 0. The molecule has 0 aromatic rings. The van der Waals surface area contributed by atoms with Gasteiger partial charge in [-0.05, 0) is 18.8 Å². The summed E-state index contributed by atoms with van der Waals surface area (Å²) in [6, 6.07) is 0. The van der Waals surface area contributed by atoms with E-state index in [1.54, 1.807) is 0 Å². The zero-order valence-corrected chi connectivity index (χ0v) is 11.4. The summed E-state index contributed by atoms with van der Waals surface area (Å²) < 4.78 is 5.23. The van der Waals surface area contributed by atoms with Crippen molar-refractivity contribution in [2.45, 2.75) is 77.6 Å². The Morgan fingerprint density at radius 2 is 1.47 bits per heavy atom. The number of rotatable bonds is 0. The molecular formula is C15H28O2. The second-order valence-corrected chi connectivity index (χ2v) is 5.48. The van der Waals surface area contributed by atoms with Gasteiger partial charge in [-0.25, -0.2) is 0 Å². The fourth-order valence-electron chi connectivity index (χ4n) is 2.42.